The van der Waals surface area contributed by atoms with Gasteiger partial charge in [0.1, 0.15) is 11.5 Å². The van der Waals surface area contributed by atoms with Crippen LogP contribution in [-0.2, 0) is 6.42 Å². The summed E-state index contributed by atoms with van der Waals surface area (Å²) in [7, 11) is 4.37. The number of aryl methyl sites for hydroxylation is 1. The molecule has 1 aromatic rings. The van der Waals surface area contributed by atoms with Crippen LogP contribution in [0.4, 0.5) is 0 Å². The third-order valence-corrected chi connectivity index (χ3v) is 4.25. The van der Waals surface area contributed by atoms with Gasteiger partial charge in [0, 0.05) is 25.6 Å². The van der Waals surface area contributed by atoms with Crippen molar-refractivity contribution in [3.05, 3.63) is 23.7 Å². The summed E-state index contributed by atoms with van der Waals surface area (Å²) in [6.45, 7) is 5.04. The molecule has 2 N–H and O–H groups in total. The van der Waals surface area contributed by atoms with Gasteiger partial charge in [-0.15, -0.1) is 0 Å². The van der Waals surface area contributed by atoms with Gasteiger partial charge in [-0.25, -0.2) is 0 Å². The number of likely N-dealkylation sites (N-methyl/N-ethyl adjacent to an activating group) is 2. The van der Waals surface area contributed by atoms with E-state index in [1.807, 2.05) is 0 Å². The van der Waals surface area contributed by atoms with Crippen LogP contribution in [-0.4, -0.2) is 49.6 Å². The van der Waals surface area contributed by atoms with E-state index in [0.29, 0.717) is 12.6 Å². The van der Waals surface area contributed by atoms with E-state index in [9.17, 15) is 0 Å². The van der Waals surface area contributed by atoms with E-state index >= 15 is 0 Å². The van der Waals surface area contributed by atoms with E-state index in [1.54, 1.807) is 0 Å². The molecule has 1 saturated heterocycles. The molecule has 0 aliphatic carbocycles. The van der Waals surface area contributed by atoms with E-state index in [-0.39, 0.29) is 6.04 Å². The normalized spacial score (nSPS) is 22.9. The fourth-order valence-corrected chi connectivity index (χ4v) is 2.97. The fourth-order valence-electron chi connectivity index (χ4n) is 2.97. The van der Waals surface area contributed by atoms with Gasteiger partial charge >= 0.3 is 0 Å². The summed E-state index contributed by atoms with van der Waals surface area (Å²) in [5, 5.41) is 0. The Balaban J connectivity index is 2.07. The maximum Gasteiger partial charge on any atom is 0.122 e. The second kappa shape index (κ2) is 6.55. The van der Waals surface area contributed by atoms with E-state index in [1.165, 1.54) is 19.4 Å². The Labute approximate surface area is 116 Å². The molecule has 2 rings (SSSR count). The zero-order valence-corrected chi connectivity index (χ0v) is 12.4. The van der Waals surface area contributed by atoms with Crippen molar-refractivity contribution in [3.63, 3.8) is 0 Å². The first-order chi connectivity index (χ1) is 9.15. The molecule has 2 atom stereocenters. The van der Waals surface area contributed by atoms with Crippen molar-refractivity contribution in [3.8, 4) is 0 Å². The Bertz CT molecular complexity index is 390. The summed E-state index contributed by atoms with van der Waals surface area (Å²) >= 11 is 0. The highest BCUT2D eigenvalue weighted by molar-refractivity contribution is 5.11. The second-order valence-electron chi connectivity index (χ2n) is 5.63. The molecule has 1 fully saturated rings. The van der Waals surface area contributed by atoms with Crippen molar-refractivity contribution in [2.45, 2.75) is 38.3 Å². The molecule has 19 heavy (non-hydrogen) atoms. The van der Waals surface area contributed by atoms with Crippen LogP contribution in [0.25, 0.3) is 0 Å². The van der Waals surface area contributed by atoms with Crippen LogP contribution in [0.15, 0.2) is 16.5 Å². The quantitative estimate of drug-likeness (QED) is 0.883. The van der Waals surface area contributed by atoms with Crippen molar-refractivity contribution in [1.82, 2.24) is 9.80 Å². The van der Waals surface area contributed by atoms with E-state index in [0.717, 1.165) is 24.5 Å². The van der Waals surface area contributed by atoms with Crippen LogP contribution in [0.3, 0.4) is 0 Å². The summed E-state index contributed by atoms with van der Waals surface area (Å²) in [5.41, 5.74) is 5.98. The lowest BCUT2D eigenvalue weighted by molar-refractivity contribution is 0.0915. The van der Waals surface area contributed by atoms with Crippen molar-refractivity contribution in [2.24, 2.45) is 5.73 Å². The molecule has 0 aromatic carbocycles. The van der Waals surface area contributed by atoms with Gasteiger partial charge in [0.05, 0.1) is 6.04 Å². The van der Waals surface area contributed by atoms with Crippen molar-refractivity contribution in [1.29, 1.82) is 0 Å². The maximum atomic E-state index is 5.98. The molecule has 0 radical (unpaired) electrons. The zero-order chi connectivity index (χ0) is 13.8. The molecule has 0 spiro atoms. The van der Waals surface area contributed by atoms with Gasteiger partial charge in [0.2, 0.25) is 0 Å². The van der Waals surface area contributed by atoms with Crippen molar-refractivity contribution >= 4 is 0 Å². The third kappa shape index (κ3) is 3.38. The topological polar surface area (TPSA) is 45.6 Å². The van der Waals surface area contributed by atoms with Crippen LogP contribution in [0, 0.1) is 0 Å². The number of hydrogen-bond donors (Lipinski definition) is 1. The van der Waals surface area contributed by atoms with Crippen molar-refractivity contribution < 1.29 is 4.42 Å². The Morgan fingerprint density at radius 2 is 2.32 bits per heavy atom. The van der Waals surface area contributed by atoms with Gasteiger partial charge in [0.15, 0.2) is 0 Å². The molecule has 4 heteroatoms. The van der Waals surface area contributed by atoms with E-state index in [4.69, 9.17) is 10.2 Å². The number of rotatable bonds is 5. The Morgan fingerprint density at radius 1 is 1.53 bits per heavy atom. The largest absolute Gasteiger partial charge is 0.464 e. The number of likely N-dealkylation sites (tertiary alicyclic amines) is 1. The van der Waals surface area contributed by atoms with Crippen LogP contribution < -0.4 is 5.73 Å². The first-order valence-electron chi connectivity index (χ1n) is 7.34. The van der Waals surface area contributed by atoms with Gasteiger partial charge in [0.25, 0.3) is 0 Å². The van der Waals surface area contributed by atoms with E-state index in [2.05, 4.69) is 43.0 Å². The van der Waals surface area contributed by atoms with Crippen LogP contribution in [0.2, 0.25) is 0 Å². The highest BCUT2D eigenvalue weighted by Crippen LogP contribution is 2.26. The lowest BCUT2D eigenvalue weighted by Crippen LogP contribution is -2.47. The molecule has 0 bridgehead atoms. The highest BCUT2D eigenvalue weighted by atomic mass is 16.3. The fraction of sp³-hybridized carbons (Fsp3) is 0.733. The summed E-state index contributed by atoms with van der Waals surface area (Å²) in [6, 6.07) is 4.91. The lowest BCUT2D eigenvalue weighted by Gasteiger charge is -2.39. The minimum atomic E-state index is 0.191. The van der Waals surface area contributed by atoms with Gasteiger partial charge in [-0.1, -0.05) is 6.92 Å². The second-order valence-corrected chi connectivity index (χ2v) is 5.63. The lowest BCUT2D eigenvalue weighted by atomic mass is 10.0. The van der Waals surface area contributed by atoms with Gasteiger partial charge in [-0.05, 0) is 45.6 Å². The standard InChI is InChI=1S/C15H27N3O/c1-4-13-7-8-15(19-13)14(10-16)18(3)12-6-5-9-17(2)11-12/h7-8,12,14H,4-6,9-11,16H2,1-3H3. The number of furan rings is 1. The first kappa shape index (κ1) is 14.6. The molecule has 4 nitrogen and oxygen atoms in total. The Morgan fingerprint density at radius 3 is 2.89 bits per heavy atom. The zero-order valence-electron chi connectivity index (χ0n) is 12.4. The molecule has 1 aromatic heterocycles. The minimum absolute atomic E-state index is 0.191. The molecule has 2 heterocycles. The van der Waals surface area contributed by atoms with Gasteiger partial charge in [-0.3, -0.25) is 4.90 Å². The number of piperidine rings is 1. The third-order valence-electron chi connectivity index (χ3n) is 4.25. The Hall–Kier alpha value is -0.840. The van der Waals surface area contributed by atoms with E-state index < -0.39 is 0 Å². The SMILES string of the molecule is CCc1ccc(C(CN)N(C)C2CCCN(C)C2)o1. The Kier molecular flexibility index (Phi) is 5.02. The molecular formula is C15H27N3O. The van der Waals surface area contributed by atoms with Gasteiger partial charge in [-0.2, -0.15) is 0 Å². The van der Waals surface area contributed by atoms with Crippen LogP contribution in [0.1, 0.15) is 37.3 Å². The summed E-state index contributed by atoms with van der Waals surface area (Å²) in [4.78, 5) is 4.80. The molecule has 1 aliphatic heterocycles. The van der Waals surface area contributed by atoms with Crippen molar-refractivity contribution in [2.75, 3.05) is 33.7 Å². The maximum absolute atomic E-state index is 5.98. The average molecular weight is 265 g/mol. The highest BCUT2D eigenvalue weighted by Gasteiger charge is 2.28. The summed E-state index contributed by atoms with van der Waals surface area (Å²) in [5.74, 6) is 2.05. The average Bonchev–Trinajstić information content (AvgIpc) is 2.88. The molecule has 2 unspecified atom stereocenters. The van der Waals surface area contributed by atoms with Crippen LogP contribution in [0.5, 0.6) is 0 Å². The van der Waals surface area contributed by atoms with Gasteiger partial charge < -0.3 is 15.1 Å². The monoisotopic (exact) mass is 265 g/mol. The minimum Gasteiger partial charge on any atom is -0.464 e. The molecule has 0 saturated carbocycles. The molecule has 1 aliphatic rings. The molecule has 108 valence electrons. The smallest absolute Gasteiger partial charge is 0.122 e. The molecular weight excluding hydrogens is 238 g/mol. The van der Waals surface area contributed by atoms with Crippen LogP contribution >= 0.6 is 0 Å². The number of nitrogens with two attached hydrogens (primary N) is 1. The number of nitrogens with zero attached hydrogens (tertiary/aromatic N) is 2. The predicted octanol–water partition coefficient (Wildman–Crippen LogP) is 1.87. The molecule has 0 amide bonds. The summed E-state index contributed by atoms with van der Waals surface area (Å²) in [6.07, 6.45) is 3.45. The summed E-state index contributed by atoms with van der Waals surface area (Å²) < 4.78 is 5.89. The first-order valence-corrected chi connectivity index (χ1v) is 7.34. The predicted molar refractivity (Wildman–Crippen MR) is 78.2 cm³/mol. The number of hydrogen-bond acceptors (Lipinski definition) is 4.